The molecule has 0 aliphatic carbocycles. The summed E-state index contributed by atoms with van der Waals surface area (Å²) in [5, 5.41) is 17.1. The summed E-state index contributed by atoms with van der Waals surface area (Å²) in [5.74, 6) is -4.52. The summed E-state index contributed by atoms with van der Waals surface area (Å²) in [6, 6.07) is -4.54. The minimum Gasteiger partial charge on any atom is -0.480 e. The van der Waals surface area contributed by atoms with Crippen LogP contribution in [0.5, 0.6) is 0 Å². The maximum atomic E-state index is 13.1. The van der Waals surface area contributed by atoms with Gasteiger partial charge in [-0.25, -0.2) is 4.79 Å². The summed E-state index contributed by atoms with van der Waals surface area (Å²) in [5.41, 5.74) is 21.3. The Morgan fingerprint density at radius 1 is 0.889 bits per heavy atom. The number of aliphatic imine (C=N–C) groups is 1. The molecule has 0 spiro atoms. The molecule has 5 unspecified atom stereocenters. The van der Waals surface area contributed by atoms with Crippen molar-refractivity contribution < 1.29 is 29.1 Å². The van der Waals surface area contributed by atoms with E-state index in [0.717, 1.165) is 0 Å². The van der Waals surface area contributed by atoms with E-state index in [2.05, 4.69) is 20.9 Å². The monoisotopic (exact) mass is 514 g/mol. The third-order valence-corrected chi connectivity index (χ3v) is 5.45. The molecular weight excluding hydrogens is 472 g/mol. The number of nitrogens with two attached hydrogens (primary N) is 4. The van der Waals surface area contributed by atoms with Crippen LogP contribution in [0.15, 0.2) is 4.99 Å². The first-order valence-corrected chi connectivity index (χ1v) is 11.9. The lowest BCUT2D eigenvalue weighted by Gasteiger charge is -2.28. The van der Waals surface area contributed by atoms with Crippen molar-refractivity contribution in [1.29, 1.82) is 0 Å². The van der Waals surface area contributed by atoms with E-state index in [4.69, 9.17) is 22.9 Å². The second-order valence-corrected chi connectivity index (χ2v) is 9.19. The molecule has 0 aromatic rings. The number of hydrogen-bond donors (Lipinski definition) is 8. The van der Waals surface area contributed by atoms with Gasteiger partial charge in [0.2, 0.25) is 23.6 Å². The number of aliphatic carboxylic acids is 1. The molecule has 0 bridgehead atoms. The SMILES string of the molecule is CCC(C)C(NC(=O)C(N)CC(N)=O)C(=O)NC(CC(C)C)C(=O)NC(CCCN=C(N)N)C(=O)O. The van der Waals surface area contributed by atoms with Crippen LogP contribution in [0, 0.1) is 11.8 Å². The Kier molecular flexibility index (Phi) is 14.7. The third-order valence-electron chi connectivity index (χ3n) is 5.45. The Morgan fingerprint density at radius 3 is 1.94 bits per heavy atom. The van der Waals surface area contributed by atoms with Crippen molar-refractivity contribution in [3.63, 3.8) is 0 Å². The maximum absolute atomic E-state index is 13.1. The van der Waals surface area contributed by atoms with E-state index >= 15 is 0 Å². The van der Waals surface area contributed by atoms with Crippen LogP contribution in [-0.4, -0.2) is 71.4 Å². The van der Waals surface area contributed by atoms with Gasteiger partial charge in [-0.2, -0.15) is 0 Å². The van der Waals surface area contributed by atoms with Gasteiger partial charge in [0.05, 0.1) is 12.5 Å². The standard InChI is InChI=1S/C22H42N8O6/c1-5-12(4)17(30-18(32)13(23)10-16(24)31)20(34)29-15(9-11(2)3)19(33)28-14(21(35)36)7-6-8-27-22(25)26/h11-15,17H,5-10,23H2,1-4H3,(H2,24,31)(H,28,33)(H,29,34)(H,30,32)(H,35,36)(H4,25,26,27). The zero-order chi connectivity index (χ0) is 28.0. The summed E-state index contributed by atoms with van der Waals surface area (Å²) in [7, 11) is 0. The van der Waals surface area contributed by atoms with Crippen LogP contribution in [0.1, 0.15) is 59.8 Å². The second-order valence-electron chi connectivity index (χ2n) is 9.19. The quantitative estimate of drug-likeness (QED) is 0.0598. The molecule has 0 fully saturated rings. The number of hydrogen-bond acceptors (Lipinski definition) is 7. The molecule has 0 aliphatic rings. The fourth-order valence-electron chi connectivity index (χ4n) is 3.27. The van der Waals surface area contributed by atoms with Crippen molar-refractivity contribution in [2.45, 2.75) is 84.0 Å². The number of nitrogens with zero attached hydrogens (tertiary/aromatic N) is 1. The van der Waals surface area contributed by atoms with Crippen LogP contribution in [0.4, 0.5) is 0 Å². The summed E-state index contributed by atoms with van der Waals surface area (Å²) >= 11 is 0. The summed E-state index contributed by atoms with van der Waals surface area (Å²) < 4.78 is 0. The molecule has 0 saturated heterocycles. The van der Waals surface area contributed by atoms with E-state index in [9.17, 15) is 29.1 Å². The Balaban J connectivity index is 5.52. The van der Waals surface area contributed by atoms with Crippen LogP contribution < -0.4 is 38.9 Å². The van der Waals surface area contributed by atoms with Crippen molar-refractivity contribution >= 4 is 35.6 Å². The van der Waals surface area contributed by atoms with Gasteiger partial charge in [-0.15, -0.1) is 0 Å². The van der Waals surface area contributed by atoms with E-state index < -0.39 is 60.2 Å². The van der Waals surface area contributed by atoms with Gasteiger partial charge in [0.1, 0.15) is 18.1 Å². The lowest BCUT2D eigenvalue weighted by Crippen LogP contribution is -2.59. The molecule has 0 radical (unpaired) electrons. The first kappa shape index (κ1) is 32.6. The molecule has 0 saturated carbocycles. The van der Waals surface area contributed by atoms with Gasteiger partial charge in [-0.05, 0) is 31.1 Å². The molecule has 4 amide bonds. The van der Waals surface area contributed by atoms with Gasteiger partial charge in [-0.1, -0.05) is 34.1 Å². The highest BCUT2D eigenvalue weighted by Gasteiger charge is 2.32. The highest BCUT2D eigenvalue weighted by molar-refractivity contribution is 5.95. The lowest BCUT2D eigenvalue weighted by molar-refractivity contribution is -0.142. The number of carboxylic acid groups (broad SMARTS) is 1. The molecule has 0 aromatic heterocycles. The number of guanidine groups is 1. The maximum Gasteiger partial charge on any atom is 0.326 e. The molecular formula is C22H42N8O6. The molecule has 0 rings (SSSR count). The number of carbonyl (C=O) groups is 5. The van der Waals surface area contributed by atoms with E-state index in [1.165, 1.54) is 0 Å². The first-order chi connectivity index (χ1) is 16.7. The fourth-order valence-corrected chi connectivity index (χ4v) is 3.27. The van der Waals surface area contributed by atoms with E-state index in [-0.39, 0.29) is 37.2 Å². The zero-order valence-corrected chi connectivity index (χ0v) is 21.5. The number of rotatable bonds is 17. The van der Waals surface area contributed by atoms with Crippen molar-refractivity contribution in [3.05, 3.63) is 0 Å². The Labute approximate surface area is 211 Å². The first-order valence-electron chi connectivity index (χ1n) is 11.9. The number of nitrogens with one attached hydrogen (secondary N) is 3. The van der Waals surface area contributed by atoms with Crippen molar-refractivity contribution in [1.82, 2.24) is 16.0 Å². The molecule has 0 aromatic carbocycles. The number of amides is 4. The predicted molar refractivity (Wildman–Crippen MR) is 134 cm³/mol. The van der Waals surface area contributed by atoms with Crippen LogP contribution in [0.2, 0.25) is 0 Å². The average Bonchev–Trinajstić information content (AvgIpc) is 2.76. The van der Waals surface area contributed by atoms with Gasteiger partial charge in [0.25, 0.3) is 0 Å². The van der Waals surface area contributed by atoms with Gasteiger partial charge in [0, 0.05) is 6.54 Å². The van der Waals surface area contributed by atoms with E-state index in [1.54, 1.807) is 6.92 Å². The predicted octanol–water partition coefficient (Wildman–Crippen LogP) is -2.13. The third kappa shape index (κ3) is 12.9. The highest BCUT2D eigenvalue weighted by Crippen LogP contribution is 2.12. The van der Waals surface area contributed by atoms with Gasteiger partial charge in [-0.3, -0.25) is 24.2 Å². The normalized spacial score (nSPS) is 15.1. The smallest absolute Gasteiger partial charge is 0.326 e. The van der Waals surface area contributed by atoms with Crippen molar-refractivity contribution in [2.24, 2.45) is 39.8 Å². The van der Waals surface area contributed by atoms with Gasteiger partial charge < -0.3 is 44.0 Å². The Morgan fingerprint density at radius 2 is 1.47 bits per heavy atom. The lowest BCUT2D eigenvalue weighted by atomic mass is 9.96. The largest absolute Gasteiger partial charge is 0.480 e. The molecule has 0 heterocycles. The van der Waals surface area contributed by atoms with Crippen LogP contribution in [0.3, 0.4) is 0 Å². The highest BCUT2D eigenvalue weighted by atomic mass is 16.4. The minimum atomic E-state index is -1.24. The van der Waals surface area contributed by atoms with E-state index in [0.29, 0.717) is 12.8 Å². The van der Waals surface area contributed by atoms with Crippen molar-refractivity contribution in [2.75, 3.05) is 6.54 Å². The molecule has 14 heteroatoms. The molecule has 12 N–H and O–H groups in total. The average molecular weight is 515 g/mol. The number of carboxylic acids is 1. The van der Waals surface area contributed by atoms with Crippen molar-refractivity contribution in [3.8, 4) is 0 Å². The summed E-state index contributed by atoms with van der Waals surface area (Å²) in [6.45, 7) is 7.43. The van der Waals surface area contributed by atoms with Crippen LogP contribution >= 0.6 is 0 Å². The molecule has 206 valence electrons. The molecule has 0 aliphatic heterocycles. The zero-order valence-electron chi connectivity index (χ0n) is 21.5. The summed E-state index contributed by atoms with van der Waals surface area (Å²) in [6.07, 6.45) is 0.730. The topological polar surface area (TPSA) is 258 Å². The minimum absolute atomic E-state index is 0.0215. The molecule has 14 nitrogen and oxygen atoms in total. The number of primary amides is 1. The number of carbonyl (C=O) groups excluding carboxylic acids is 4. The van der Waals surface area contributed by atoms with Gasteiger partial charge >= 0.3 is 5.97 Å². The summed E-state index contributed by atoms with van der Waals surface area (Å²) in [4.78, 5) is 65.0. The van der Waals surface area contributed by atoms with Gasteiger partial charge in [0.15, 0.2) is 5.96 Å². The Hall–Kier alpha value is -3.42. The Bertz CT molecular complexity index is 799. The molecule has 5 atom stereocenters. The fraction of sp³-hybridized carbons (Fsp3) is 0.727. The second kappa shape index (κ2) is 16.3. The molecule has 36 heavy (non-hydrogen) atoms. The van der Waals surface area contributed by atoms with E-state index in [1.807, 2.05) is 20.8 Å². The van der Waals surface area contributed by atoms with Crippen LogP contribution in [0.25, 0.3) is 0 Å². The van der Waals surface area contributed by atoms with Crippen LogP contribution in [-0.2, 0) is 24.0 Å².